The second-order valence-corrected chi connectivity index (χ2v) is 3.15. The van der Waals surface area contributed by atoms with Gasteiger partial charge in [-0.2, -0.15) is 0 Å². The Morgan fingerprint density at radius 1 is 1.55 bits per heavy atom. The second kappa shape index (κ2) is 3.90. The molecular formula is C8H8FIO. The van der Waals surface area contributed by atoms with Gasteiger partial charge < -0.3 is 4.74 Å². The third kappa shape index (κ3) is 2.05. The molecule has 1 rings (SSSR count). The lowest BCUT2D eigenvalue weighted by molar-refractivity contribution is 0.319. The number of halogens is 2. The quantitative estimate of drug-likeness (QED) is 0.748. The van der Waals surface area contributed by atoms with Crippen molar-refractivity contribution in [1.29, 1.82) is 0 Å². The van der Waals surface area contributed by atoms with Crippen molar-refractivity contribution in [2.45, 2.75) is 6.92 Å². The first-order valence-corrected chi connectivity index (χ1v) is 4.40. The van der Waals surface area contributed by atoms with E-state index < -0.39 is 0 Å². The Labute approximate surface area is 78.7 Å². The van der Waals surface area contributed by atoms with Crippen molar-refractivity contribution in [3.05, 3.63) is 27.6 Å². The van der Waals surface area contributed by atoms with Crippen LogP contribution in [-0.2, 0) is 0 Å². The highest BCUT2D eigenvalue weighted by Crippen LogP contribution is 2.23. The van der Waals surface area contributed by atoms with Gasteiger partial charge in [-0.1, -0.05) is 6.07 Å². The summed E-state index contributed by atoms with van der Waals surface area (Å²) in [6, 6.07) is 4.88. The lowest BCUT2D eigenvalue weighted by Crippen LogP contribution is -1.96. The molecular weight excluding hydrogens is 258 g/mol. The summed E-state index contributed by atoms with van der Waals surface area (Å²) in [6.45, 7) is 2.33. The first kappa shape index (κ1) is 8.77. The standard InChI is InChI=1S/C8H8FIO/c1-2-11-8-6(9)4-3-5-7(8)10/h3-5H,2H2,1H3. The lowest BCUT2D eigenvalue weighted by atomic mass is 10.3. The molecule has 3 heteroatoms. The van der Waals surface area contributed by atoms with Crippen molar-refractivity contribution in [1.82, 2.24) is 0 Å². The fraction of sp³-hybridized carbons (Fsp3) is 0.250. The van der Waals surface area contributed by atoms with Crippen molar-refractivity contribution in [2.75, 3.05) is 6.61 Å². The van der Waals surface area contributed by atoms with Gasteiger partial charge in [-0.25, -0.2) is 4.39 Å². The number of benzene rings is 1. The molecule has 0 amide bonds. The van der Waals surface area contributed by atoms with Gasteiger partial charge in [0.05, 0.1) is 10.2 Å². The summed E-state index contributed by atoms with van der Waals surface area (Å²) in [5.74, 6) is 0.0642. The zero-order chi connectivity index (χ0) is 8.27. The Morgan fingerprint density at radius 2 is 2.27 bits per heavy atom. The molecule has 1 nitrogen and oxygen atoms in total. The topological polar surface area (TPSA) is 9.23 Å². The maximum absolute atomic E-state index is 12.9. The number of hydrogen-bond acceptors (Lipinski definition) is 1. The Kier molecular flexibility index (Phi) is 3.11. The molecule has 0 unspecified atom stereocenters. The van der Waals surface area contributed by atoms with Gasteiger partial charge >= 0.3 is 0 Å². The van der Waals surface area contributed by atoms with Crippen LogP contribution in [0.25, 0.3) is 0 Å². The van der Waals surface area contributed by atoms with Crippen LogP contribution in [0.4, 0.5) is 4.39 Å². The molecule has 0 aliphatic rings. The Balaban J connectivity index is 3.00. The highest BCUT2D eigenvalue weighted by Gasteiger charge is 2.05. The SMILES string of the molecule is CCOc1c(F)cccc1I. The number of hydrogen-bond donors (Lipinski definition) is 0. The zero-order valence-electron chi connectivity index (χ0n) is 6.10. The van der Waals surface area contributed by atoms with Crippen LogP contribution < -0.4 is 4.74 Å². The highest BCUT2D eigenvalue weighted by molar-refractivity contribution is 14.1. The summed E-state index contributed by atoms with van der Waals surface area (Å²) in [7, 11) is 0. The first-order valence-electron chi connectivity index (χ1n) is 3.32. The minimum Gasteiger partial charge on any atom is -0.490 e. The summed E-state index contributed by atoms with van der Waals surface area (Å²) >= 11 is 2.04. The molecule has 0 radical (unpaired) electrons. The molecule has 0 aliphatic carbocycles. The smallest absolute Gasteiger partial charge is 0.168 e. The Bertz CT molecular complexity index is 230. The van der Waals surface area contributed by atoms with E-state index in [9.17, 15) is 4.39 Å². The zero-order valence-corrected chi connectivity index (χ0v) is 8.26. The van der Waals surface area contributed by atoms with Crippen LogP contribution in [-0.4, -0.2) is 6.61 Å². The van der Waals surface area contributed by atoms with Gasteiger partial charge in [0.25, 0.3) is 0 Å². The lowest BCUT2D eigenvalue weighted by Gasteiger charge is -2.05. The molecule has 1 aromatic carbocycles. The van der Waals surface area contributed by atoms with E-state index in [1.54, 1.807) is 6.07 Å². The van der Waals surface area contributed by atoms with Gasteiger partial charge in [-0.05, 0) is 41.6 Å². The van der Waals surface area contributed by atoms with Crippen molar-refractivity contribution in [3.63, 3.8) is 0 Å². The molecule has 0 aromatic heterocycles. The van der Waals surface area contributed by atoms with Crippen LogP contribution in [0.1, 0.15) is 6.92 Å². The van der Waals surface area contributed by atoms with Crippen LogP contribution in [0.15, 0.2) is 18.2 Å². The molecule has 1 aromatic rings. The van der Waals surface area contributed by atoms with E-state index in [0.717, 1.165) is 3.57 Å². The molecule has 0 spiro atoms. The maximum Gasteiger partial charge on any atom is 0.168 e. The van der Waals surface area contributed by atoms with Crippen molar-refractivity contribution >= 4 is 22.6 Å². The van der Waals surface area contributed by atoms with Gasteiger partial charge in [0, 0.05) is 0 Å². The molecule has 0 saturated heterocycles. The fourth-order valence-corrected chi connectivity index (χ4v) is 1.39. The monoisotopic (exact) mass is 266 g/mol. The van der Waals surface area contributed by atoms with Crippen LogP contribution in [0, 0.1) is 9.39 Å². The van der Waals surface area contributed by atoms with E-state index >= 15 is 0 Å². The number of ether oxygens (including phenoxy) is 1. The summed E-state index contributed by atoms with van der Waals surface area (Å²) in [5.41, 5.74) is 0. The third-order valence-corrected chi connectivity index (χ3v) is 2.06. The van der Waals surface area contributed by atoms with Gasteiger partial charge in [-0.3, -0.25) is 0 Å². The minimum atomic E-state index is -0.293. The minimum absolute atomic E-state index is 0.293. The average molecular weight is 266 g/mol. The van der Waals surface area contributed by atoms with E-state index in [1.165, 1.54) is 6.07 Å². The molecule has 11 heavy (non-hydrogen) atoms. The third-order valence-electron chi connectivity index (χ3n) is 1.21. The molecule has 0 heterocycles. The molecule has 0 N–H and O–H groups in total. The normalized spacial score (nSPS) is 9.73. The van der Waals surface area contributed by atoms with Crippen molar-refractivity contribution < 1.29 is 9.13 Å². The van der Waals surface area contributed by atoms with Crippen LogP contribution in [0.2, 0.25) is 0 Å². The molecule has 0 saturated carbocycles. The maximum atomic E-state index is 12.9. The largest absolute Gasteiger partial charge is 0.490 e. The van der Waals surface area contributed by atoms with Crippen LogP contribution in [0.5, 0.6) is 5.75 Å². The fourth-order valence-electron chi connectivity index (χ4n) is 0.765. The Morgan fingerprint density at radius 3 is 2.82 bits per heavy atom. The molecule has 0 fully saturated rings. The number of para-hydroxylation sites is 1. The molecule has 0 bridgehead atoms. The van der Waals surface area contributed by atoms with E-state index in [1.807, 2.05) is 35.6 Å². The predicted molar refractivity (Wildman–Crippen MR) is 50.3 cm³/mol. The highest BCUT2D eigenvalue weighted by atomic mass is 127. The van der Waals surface area contributed by atoms with Crippen LogP contribution >= 0.6 is 22.6 Å². The van der Waals surface area contributed by atoms with Gasteiger partial charge in [0.2, 0.25) is 0 Å². The summed E-state index contributed by atoms with van der Waals surface area (Å²) in [6.07, 6.45) is 0. The summed E-state index contributed by atoms with van der Waals surface area (Å²) < 4.78 is 18.8. The average Bonchev–Trinajstić information content (AvgIpc) is 1.97. The molecule has 0 aliphatic heterocycles. The van der Waals surface area contributed by atoms with Gasteiger partial charge in [0.1, 0.15) is 0 Å². The molecule has 0 atom stereocenters. The summed E-state index contributed by atoms with van der Waals surface area (Å²) in [4.78, 5) is 0. The predicted octanol–water partition coefficient (Wildman–Crippen LogP) is 2.83. The van der Waals surface area contributed by atoms with E-state index in [2.05, 4.69) is 0 Å². The Hall–Kier alpha value is -0.320. The van der Waals surface area contributed by atoms with E-state index in [-0.39, 0.29) is 5.82 Å². The number of rotatable bonds is 2. The van der Waals surface area contributed by atoms with E-state index in [4.69, 9.17) is 4.74 Å². The second-order valence-electron chi connectivity index (χ2n) is 1.98. The van der Waals surface area contributed by atoms with Crippen LogP contribution in [0.3, 0.4) is 0 Å². The molecule has 60 valence electrons. The van der Waals surface area contributed by atoms with Crippen molar-refractivity contribution in [2.24, 2.45) is 0 Å². The van der Waals surface area contributed by atoms with Gasteiger partial charge in [-0.15, -0.1) is 0 Å². The van der Waals surface area contributed by atoms with Crippen molar-refractivity contribution in [3.8, 4) is 5.75 Å². The van der Waals surface area contributed by atoms with Gasteiger partial charge in [0.15, 0.2) is 11.6 Å². The first-order chi connectivity index (χ1) is 5.25. The van der Waals surface area contributed by atoms with E-state index in [0.29, 0.717) is 12.4 Å². The summed E-state index contributed by atoms with van der Waals surface area (Å²) in [5, 5.41) is 0.